The van der Waals surface area contributed by atoms with Crippen LogP contribution in [0.1, 0.15) is 18.4 Å². The molecule has 2 aliphatic rings. The molecule has 4 atom stereocenters. The van der Waals surface area contributed by atoms with Gasteiger partial charge in [-0.1, -0.05) is 12.1 Å². The van der Waals surface area contributed by atoms with Crippen molar-refractivity contribution in [3.05, 3.63) is 47.3 Å². The molecule has 0 amide bonds. The Hall–Kier alpha value is -3.01. The van der Waals surface area contributed by atoms with E-state index in [9.17, 15) is 20.2 Å². The summed E-state index contributed by atoms with van der Waals surface area (Å²) in [7, 11) is 0. The fraction of sp³-hybridized carbons (Fsp3) is 0.400. The third-order valence-electron chi connectivity index (χ3n) is 5.69. The number of hydrogen-bond donors (Lipinski definition) is 2. The normalized spacial score (nSPS) is 29.5. The summed E-state index contributed by atoms with van der Waals surface area (Å²) < 4.78 is 13.4. The van der Waals surface area contributed by atoms with Crippen LogP contribution < -0.4 is 4.90 Å². The van der Waals surface area contributed by atoms with Crippen molar-refractivity contribution in [2.75, 3.05) is 19.6 Å². The molecule has 5 nitrogen and oxygen atoms in total. The molecule has 0 bridgehead atoms. The Kier molecular flexibility index (Phi) is 4.60. The molecule has 26 heavy (non-hydrogen) atoms. The van der Waals surface area contributed by atoms with Crippen molar-refractivity contribution in [1.29, 1.82) is 21.2 Å². The minimum atomic E-state index is -1.73. The smallest absolute Gasteiger partial charge is 0.189 e. The van der Waals surface area contributed by atoms with E-state index in [-0.39, 0.29) is 11.6 Å². The van der Waals surface area contributed by atoms with Gasteiger partial charge in [-0.05, 0) is 36.3 Å². The van der Waals surface area contributed by atoms with Crippen LogP contribution in [0.5, 0.6) is 0 Å². The SMILES string of the molecule is CC[NH+]1CC=C2C(C#N)C(=N)C(C#N)(C#N)[C@@H](c3ccc(F)cc3)[C@H]2C1. The maximum atomic E-state index is 13.4. The molecule has 1 fully saturated rings. The molecule has 1 heterocycles. The molecular weight excluding hydrogens is 329 g/mol. The van der Waals surface area contributed by atoms with E-state index in [0.29, 0.717) is 12.1 Å². The summed E-state index contributed by atoms with van der Waals surface area (Å²) in [5.74, 6) is -2.05. The average molecular weight is 348 g/mol. The summed E-state index contributed by atoms with van der Waals surface area (Å²) in [6.45, 7) is 4.39. The molecule has 0 radical (unpaired) electrons. The van der Waals surface area contributed by atoms with Gasteiger partial charge in [-0.2, -0.15) is 15.8 Å². The monoisotopic (exact) mass is 348 g/mol. The van der Waals surface area contributed by atoms with Crippen LogP contribution in [-0.2, 0) is 0 Å². The number of halogens is 1. The van der Waals surface area contributed by atoms with E-state index in [4.69, 9.17) is 5.41 Å². The fourth-order valence-corrected chi connectivity index (χ4v) is 4.30. The molecule has 1 aromatic rings. The molecule has 1 aliphatic heterocycles. The van der Waals surface area contributed by atoms with Crippen molar-refractivity contribution in [3.63, 3.8) is 0 Å². The zero-order valence-corrected chi connectivity index (χ0v) is 14.5. The Morgan fingerprint density at radius 1 is 1.23 bits per heavy atom. The Bertz CT molecular complexity index is 867. The Balaban J connectivity index is 2.24. The van der Waals surface area contributed by atoms with E-state index < -0.39 is 23.1 Å². The van der Waals surface area contributed by atoms with Crippen molar-refractivity contribution in [1.82, 2.24) is 0 Å². The van der Waals surface area contributed by atoms with Gasteiger partial charge in [0.2, 0.25) is 0 Å². The van der Waals surface area contributed by atoms with Gasteiger partial charge in [0, 0.05) is 11.8 Å². The number of hydrogen-bond acceptors (Lipinski definition) is 4. The molecule has 2 unspecified atom stereocenters. The topological polar surface area (TPSA) is 99.7 Å². The lowest BCUT2D eigenvalue weighted by Gasteiger charge is -2.46. The molecule has 1 aliphatic carbocycles. The van der Waals surface area contributed by atoms with E-state index in [0.717, 1.165) is 18.7 Å². The molecule has 6 heteroatoms. The largest absolute Gasteiger partial charge is 0.331 e. The van der Waals surface area contributed by atoms with Crippen molar-refractivity contribution in [2.45, 2.75) is 12.8 Å². The van der Waals surface area contributed by atoms with Gasteiger partial charge >= 0.3 is 0 Å². The fourth-order valence-electron chi connectivity index (χ4n) is 4.30. The minimum Gasteiger partial charge on any atom is -0.331 e. The number of likely N-dealkylation sites (N-methyl/N-ethyl adjacent to an activating group) is 1. The number of benzene rings is 1. The van der Waals surface area contributed by atoms with Crippen molar-refractivity contribution in [2.24, 2.45) is 17.3 Å². The van der Waals surface area contributed by atoms with Crippen LogP contribution in [0.4, 0.5) is 4.39 Å². The Morgan fingerprint density at radius 2 is 1.88 bits per heavy atom. The molecule has 2 N–H and O–H groups in total. The van der Waals surface area contributed by atoms with E-state index >= 15 is 0 Å². The quantitative estimate of drug-likeness (QED) is 0.794. The number of rotatable bonds is 2. The van der Waals surface area contributed by atoms with Crippen molar-refractivity contribution < 1.29 is 9.29 Å². The lowest BCUT2D eigenvalue weighted by molar-refractivity contribution is -0.897. The lowest BCUT2D eigenvalue weighted by atomic mass is 9.54. The molecule has 1 aromatic carbocycles. The predicted molar refractivity (Wildman–Crippen MR) is 92.4 cm³/mol. The van der Waals surface area contributed by atoms with Gasteiger partial charge in [0.25, 0.3) is 0 Å². The Morgan fingerprint density at radius 3 is 2.42 bits per heavy atom. The number of fused-ring (bicyclic) bond motifs is 1. The number of nitrogens with zero attached hydrogens (tertiary/aromatic N) is 3. The summed E-state index contributed by atoms with van der Waals surface area (Å²) in [6.07, 6.45) is 1.99. The standard InChI is InChI=1S/C20H18FN5/c1-2-26-8-7-15-16(9-22)19(25)20(11-23,12-24)18(17(15)10-26)13-3-5-14(21)6-4-13/h3-7,16-18,25H,2,8,10H2,1H3/p+1/t16?,17-,18-/m0/s1. The first-order valence-electron chi connectivity index (χ1n) is 8.62. The second-order valence-corrected chi connectivity index (χ2v) is 6.86. The minimum absolute atomic E-state index is 0.165. The number of nitrogens with one attached hydrogen (secondary N) is 2. The van der Waals surface area contributed by atoms with Crippen LogP contribution >= 0.6 is 0 Å². The molecule has 0 spiro atoms. The first-order valence-corrected chi connectivity index (χ1v) is 8.62. The van der Waals surface area contributed by atoms with Crippen LogP contribution in [0.2, 0.25) is 0 Å². The van der Waals surface area contributed by atoms with Crippen LogP contribution in [0.15, 0.2) is 35.9 Å². The van der Waals surface area contributed by atoms with E-state index in [2.05, 4.69) is 13.0 Å². The molecule has 1 saturated carbocycles. The van der Waals surface area contributed by atoms with Crippen LogP contribution in [0.25, 0.3) is 0 Å². The summed E-state index contributed by atoms with van der Waals surface area (Å²) in [5, 5.41) is 37.9. The summed E-state index contributed by atoms with van der Waals surface area (Å²) in [5.41, 5.74) is -0.410. The zero-order valence-electron chi connectivity index (χ0n) is 14.5. The molecule has 130 valence electrons. The Labute approximate surface area is 152 Å². The second kappa shape index (κ2) is 6.71. The van der Waals surface area contributed by atoms with Crippen LogP contribution in [0.3, 0.4) is 0 Å². The summed E-state index contributed by atoms with van der Waals surface area (Å²) in [4.78, 5) is 1.29. The van der Waals surface area contributed by atoms with Crippen LogP contribution in [-0.4, -0.2) is 25.3 Å². The van der Waals surface area contributed by atoms with Gasteiger partial charge in [0.15, 0.2) is 5.41 Å². The van der Waals surface area contributed by atoms with Gasteiger partial charge in [-0.25, -0.2) is 4.39 Å². The average Bonchev–Trinajstić information content (AvgIpc) is 2.68. The first kappa shape index (κ1) is 17.8. The zero-order chi connectivity index (χ0) is 18.9. The third-order valence-corrected chi connectivity index (χ3v) is 5.69. The highest BCUT2D eigenvalue weighted by atomic mass is 19.1. The van der Waals surface area contributed by atoms with Crippen molar-refractivity contribution >= 4 is 5.71 Å². The molecule has 3 rings (SSSR count). The molecular formula is C20H19FN5+. The highest BCUT2D eigenvalue weighted by molar-refractivity contribution is 6.00. The highest BCUT2D eigenvalue weighted by Crippen LogP contribution is 2.52. The second-order valence-electron chi connectivity index (χ2n) is 6.86. The van der Waals surface area contributed by atoms with Crippen LogP contribution in [0, 0.1) is 62.5 Å². The van der Waals surface area contributed by atoms with Crippen molar-refractivity contribution in [3.8, 4) is 18.2 Å². The van der Waals surface area contributed by atoms with Gasteiger partial charge in [-0.3, -0.25) is 0 Å². The van der Waals surface area contributed by atoms with Gasteiger partial charge in [0.05, 0.1) is 43.6 Å². The predicted octanol–water partition coefficient (Wildman–Crippen LogP) is 1.58. The van der Waals surface area contributed by atoms with Gasteiger partial charge in [-0.15, -0.1) is 0 Å². The van der Waals surface area contributed by atoms with E-state index in [1.165, 1.54) is 17.0 Å². The first-order chi connectivity index (χ1) is 12.5. The molecule has 0 saturated heterocycles. The highest BCUT2D eigenvalue weighted by Gasteiger charge is 2.58. The van der Waals surface area contributed by atoms with Gasteiger partial charge < -0.3 is 10.3 Å². The number of quaternary nitrogens is 1. The van der Waals surface area contributed by atoms with E-state index in [1.807, 2.05) is 18.2 Å². The molecule has 0 aromatic heterocycles. The van der Waals surface area contributed by atoms with E-state index in [1.54, 1.807) is 12.1 Å². The van der Waals surface area contributed by atoms with Gasteiger partial charge in [0.1, 0.15) is 11.7 Å². The third kappa shape index (κ3) is 2.49. The lowest BCUT2D eigenvalue weighted by Crippen LogP contribution is -3.13. The maximum absolute atomic E-state index is 13.4. The number of nitriles is 3. The summed E-state index contributed by atoms with van der Waals surface area (Å²) >= 11 is 0. The summed E-state index contributed by atoms with van der Waals surface area (Å²) in [6, 6.07) is 12.0. The maximum Gasteiger partial charge on any atom is 0.189 e.